The van der Waals surface area contributed by atoms with Gasteiger partial charge in [-0.05, 0) is 34.4 Å². The maximum Gasteiger partial charge on any atom is 0.122 e. The summed E-state index contributed by atoms with van der Waals surface area (Å²) in [6, 6.07) is 39.0. The monoisotopic (exact) mass is 494 g/mol. The molecule has 0 fully saturated rings. The summed E-state index contributed by atoms with van der Waals surface area (Å²) in [5.74, 6) is 0. The Morgan fingerprint density at radius 3 is 1.58 bits per heavy atom. The van der Waals surface area contributed by atoms with Crippen LogP contribution in [0.2, 0.25) is 0 Å². The Morgan fingerprint density at radius 2 is 1.12 bits per heavy atom. The molecule has 0 aliphatic carbocycles. The topological polar surface area (TPSA) is 38.0 Å². The lowest BCUT2D eigenvalue weighted by atomic mass is 9.77. The largest absolute Gasteiger partial charge is 0.382 e. The molecule has 0 radical (unpaired) electrons. The first-order chi connectivity index (χ1) is 16.2. The van der Waals surface area contributed by atoms with Gasteiger partial charge in [0.05, 0.1) is 12.0 Å². The van der Waals surface area contributed by atoms with E-state index in [0.29, 0.717) is 5.69 Å². The molecule has 0 amide bonds. The van der Waals surface area contributed by atoms with Gasteiger partial charge < -0.3 is 9.67 Å². The van der Waals surface area contributed by atoms with Crippen molar-refractivity contribution in [2.45, 2.75) is 11.6 Å². The van der Waals surface area contributed by atoms with Gasteiger partial charge in [-0.1, -0.05) is 119 Å². The molecule has 1 atom stereocenters. The Balaban J connectivity index is 1.73. The van der Waals surface area contributed by atoms with E-state index in [0.717, 1.165) is 26.7 Å². The third-order valence-corrected chi connectivity index (χ3v) is 6.56. The highest BCUT2D eigenvalue weighted by Crippen LogP contribution is 2.41. The minimum absolute atomic E-state index is 0.601. The summed E-state index contributed by atoms with van der Waals surface area (Å²) in [5.41, 5.74) is 4.10. The molecular formula is C29H23BrN2O. The van der Waals surface area contributed by atoms with E-state index < -0.39 is 11.6 Å². The third kappa shape index (κ3) is 3.92. The molecule has 0 aliphatic rings. The van der Waals surface area contributed by atoms with E-state index in [2.05, 4.69) is 98.3 Å². The van der Waals surface area contributed by atoms with Crippen LogP contribution < -0.4 is 0 Å². The standard InChI is InChI=1S/C29H23BrN2O/c30-26-18-16-22(17-19-26)28(33)27-20-32(21-31-27)29(23-10-4-1-5-11-23,24-12-6-2-7-13-24)25-14-8-3-9-15-25/h1-21,28,33H. The molecule has 1 aromatic heterocycles. The fraction of sp³-hybridized carbons (Fsp3) is 0.0690. The molecule has 0 saturated carbocycles. The van der Waals surface area contributed by atoms with Crippen molar-refractivity contribution in [3.05, 3.63) is 160 Å². The van der Waals surface area contributed by atoms with Crippen LogP contribution in [0.1, 0.15) is 34.1 Å². The van der Waals surface area contributed by atoms with Gasteiger partial charge in [-0.15, -0.1) is 0 Å². The Bertz CT molecular complexity index is 1220. The van der Waals surface area contributed by atoms with Crippen LogP contribution >= 0.6 is 15.9 Å². The van der Waals surface area contributed by atoms with Crippen molar-refractivity contribution >= 4 is 15.9 Å². The van der Waals surface area contributed by atoms with Gasteiger partial charge in [0, 0.05) is 10.7 Å². The lowest BCUT2D eigenvalue weighted by Gasteiger charge is -2.37. The maximum atomic E-state index is 11.1. The Kier molecular flexibility index (Phi) is 5.95. The van der Waals surface area contributed by atoms with Crippen molar-refractivity contribution in [2.75, 3.05) is 0 Å². The van der Waals surface area contributed by atoms with Gasteiger partial charge in [0.2, 0.25) is 0 Å². The second-order valence-corrected chi connectivity index (χ2v) is 8.88. The van der Waals surface area contributed by atoms with Crippen LogP contribution in [0.4, 0.5) is 0 Å². The minimum Gasteiger partial charge on any atom is -0.382 e. The van der Waals surface area contributed by atoms with E-state index in [1.54, 1.807) is 0 Å². The second-order valence-electron chi connectivity index (χ2n) is 7.97. The summed E-state index contributed by atoms with van der Waals surface area (Å²) < 4.78 is 3.09. The van der Waals surface area contributed by atoms with Gasteiger partial charge in [-0.3, -0.25) is 0 Å². The maximum absolute atomic E-state index is 11.1. The molecule has 3 nitrogen and oxygen atoms in total. The van der Waals surface area contributed by atoms with Crippen molar-refractivity contribution in [1.82, 2.24) is 9.55 Å². The number of benzene rings is 4. The number of halogens is 1. The number of aromatic nitrogens is 2. The zero-order valence-corrected chi connectivity index (χ0v) is 19.5. The van der Waals surface area contributed by atoms with Gasteiger partial charge in [0.1, 0.15) is 11.6 Å². The predicted molar refractivity (Wildman–Crippen MR) is 135 cm³/mol. The quantitative estimate of drug-likeness (QED) is 0.271. The first-order valence-electron chi connectivity index (χ1n) is 10.8. The molecule has 0 spiro atoms. The van der Waals surface area contributed by atoms with Crippen molar-refractivity contribution in [3.8, 4) is 0 Å². The van der Waals surface area contributed by atoms with Crippen LogP contribution in [0.15, 0.2) is 132 Å². The fourth-order valence-electron chi connectivity index (χ4n) is 4.46. The summed E-state index contributed by atoms with van der Waals surface area (Å²) in [6.07, 6.45) is 2.96. The van der Waals surface area contributed by atoms with E-state index in [-0.39, 0.29) is 0 Å². The molecular weight excluding hydrogens is 472 g/mol. The second kappa shape index (κ2) is 9.18. The van der Waals surface area contributed by atoms with E-state index in [1.165, 1.54) is 0 Å². The van der Waals surface area contributed by atoms with Crippen LogP contribution in [0.3, 0.4) is 0 Å². The average Bonchev–Trinajstić information content (AvgIpc) is 3.37. The molecule has 1 unspecified atom stereocenters. The van der Waals surface area contributed by atoms with Gasteiger partial charge in [0.15, 0.2) is 0 Å². The number of hydrogen-bond donors (Lipinski definition) is 1. The van der Waals surface area contributed by atoms with Crippen molar-refractivity contribution in [3.63, 3.8) is 0 Å². The van der Waals surface area contributed by atoms with Crippen LogP contribution in [0, 0.1) is 0 Å². The van der Waals surface area contributed by atoms with Crippen LogP contribution in [0.25, 0.3) is 0 Å². The minimum atomic E-state index is -0.820. The molecule has 5 rings (SSSR count). The smallest absolute Gasteiger partial charge is 0.122 e. The van der Waals surface area contributed by atoms with Gasteiger partial charge in [0.25, 0.3) is 0 Å². The first-order valence-corrected chi connectivity index (χ1v) is 11.6. The molecule has 162 valence electrons. The average molecular weight is 495 g/mol. The van der Waals surface area contributed by atoms with Crippen LogP contribution in [0.5, 0.6) is 0 Å². The summed E-state index contributed by atoms with van der Waals surface area (Å²) in [6.45, 7) is 0. The molecule has 0 bridgehead atoms. The third-order valence-electron chi connectivity index (χ3n) is 6.03. The zero-order chi connectivity index (χ0) is 22.7. The summed E-state index contributed by atoms with van der Waals surface area (Å²) in [4.78, 5) is 4.66. The molecule has 4 heteroatoms. The predicted octanol–water partition coefficient (Wildman–Crippen LogP) is 6.57. The molecule has 4 aromatic carbocycles. The highest BCUT2D eigenvalue weighted by atomic mass is 79.9. The number of aliphatic hydroxyl groups excluding tert-OH is 1. The number of imidazole rings is 1. The lowest BCUT2D eigenvalue weighted by Crippen LogP contribution is -2.37. The van der Waals surface area contributed by atoms with Gasteiger partial charge in [-0.25, -0.2) is 4.98 Å². The van der Waals surface area contributed by atoms with Crippen LogP contribution in [-0.4, -0.2) is 14.7 Å². The Labute approximate surface area is 202 Å². The Morgan fingerprint density at radius 1 is 0.667 bits per heavy atom. The zero-order valence-electron chi connectivity index (χ0n) is 17.9. The van der Waals surface area contributed by atoms with Gasteiger partial charge in [-0.2, -0.15) is 0 Å². The normalized spacial score (nSPS) is 12.4. The molecule has 5 aromatic rings. The lowest BCUT2D eigenvalue weighted by molar-refractivity contribution is 0.215. The van der Waals surface area contributed by atoms with Crippen molar-refractivity contribution < 1.29 is 5.11 Å². The number of aliphatic hydroxyl groups is 1. The number of rotatable bonds is 6. The Hall–Kier alpha value is -3.47. The fourth-order valence-corrected chi connectivity index (χ4v) is 4.73. The van der Waals surface area contributed by atoms with Gasteiger partial charge >= 0.3 is 0 Å². The summed E-state index contributed by atoms with van der Waals surface area (Å²) >= 11 is 3.46. The highest BCUT2D eigenvalue weighted by Gasteiger charge is 2.38. The van der Waals surface area contributed by atoms with E-state index in [9.17, 15) is 5.11 Å². The molecule has 1 N–H and O–H groups in total. The number of hydrogen-bond acceptors (Lipinski definition) is 2. The van der Waals surface area contributed by atoms with Crippen molar-refractivity contribution in [2.24, 2.45) is 0 Å². The van der Waals surface area contributed by atoms with E-state index >= 15 is 0 Å². The van der Waals surface area contributed by atoms with E-state index in [4.69, 9.17) is 0 Å². The first kappa shape index (κ1) is 21.4. The van der Waals surface area contributed by atoms with E-state index in [1.807, 2.05) is 55.0 Å². The molecule has 1 heterocycles. The summed E-state index contributed by atoms with van der Waals surface area (Å²) in [5, 5.41) is 11.1. The van der Waals surface area contributed by atoms with Crippen LogP contribution in [-0.2, 0) is 5.54 Å². The van der Waals surface area contributed by atoms with Crippen molar-refractivity contribution in [1.29, 1.82) is 0 Å². The molecule has 33 heavy (non-hydrogen) atoms. The SMILES string of the molecule is OC(c1ccc(Br)cc1)c1cn(C(c2ccccc2)(c2ccccc2)c2ccccc2)cn1. The molecule has 0 aliphatic heterocycles. The molecule has 0 saturated heterocycles. The highest BCUT2D eigenvalue weighted by molar-refractivity contribution is 9.10. The number of nitrogens with zero attached hydrogens (tertiary/aromatic N) is 2. The summed E-state index contributed by atoms with van der Waals surface area (Å²) in [7, 11) is 0.